The maximum absolute atomic E-state index is 11.9. The molecular weight excluding hydrogens is 376 g/mol. The first-order valence-corrected chi connectivity index (χ1v) is 11.0. The summed E-state index contributed by atoms with van der Waals surface area (Å²) in [4.78, 5) is 23.8. The van der Waals surface area contributed by atoms with Crippen LogP contribution >= 0.6 is 0 Å². The molecule has 0 aliphatic heterocycles. The van der Waals surface area contributed by atoms with Crippen molar-refractivity contribution in [1.82, 2.24) is 20.4 Å². The van der Waals surface area contributed by atoms with E-state index in [1.54, 1.807) is 0 Å². The predicted octanol–water partition coefficient (Wildman–Crippen LogP) is 4.24. The summed E-state index contributed by atoms with van der Waals surface area (Å²) in [6, 6.07) is 7.92. The molecule has 0 unspecified atom stereocenters. The number of carbonyl (C=O) groups is 2. The van der Waals surface area contributed by atoms with Crippen molar-refractivity contribution in [3.8, 4) is 0 Å². The molecule has 2 aromatic heterocycles. The third-order valence-electron chi connectivity index (χ3n) is 5.99. The molecule has 0 bridgehead atoms. The van der Waals surface area contributed by atoms with E-state index in [-0.39, 0.29) is 23.4 Å². The highest BCUT2D eigenvalue weighted by Gasteiger charge is 2.27. The fourth-order valence-electron chi connectivity index (χ4n) is 3.86. The first-order valence-electron chi connectivity index (χ1n) is 11.0. The lowest BCUT2D eigenvalue weighted by Gasteiger charge is -2.28. The molecule has 1 aliphatic rings. The van der Waals surface area contributed by atoms with E-state index in [0.29, 0.717) is 24.7 Å². The highest BCUT2D eigenvalue weighted by atomic mass is 16.1. The lowest BCUT2D eigenvalue weighted by atomic mass is 9.78. The van der Waals surface area contributed by atoms with Crippen molar-refractivity contribution in [2.24, 2.45) is 11.8 Å². The van der Waals surface area contributed by atoms with Crippen LogP contribution in [-0.4, -0.2) is 32.0 Å². The summed E-state index contributed by atoms with van der Waals surface area (Å²) in [5.74, 6) is 1.09. The first-order chi connectivity index (χ1) is 14.3. The number of rotatable bonds is 8. The highest BCUT2D eigenvalue weighted by molar-refractivity contribution is 5.82. The van der Waals surface area contributed by atoms with E-state index in [2.05, 4.69) is 20.4 Å². The number of aromatic nitrogens is 4. The van der Waals surface area contributed by atoms with E-state index in [1.807, 2.05) is 52.0 Å². The second-order valence-electron chi connectivity index (χ2n) is 9.06. The van der Waals surface area contributed by atoms with E-state index < -0.39 is 0 Å². The number of nitrogens with zero attached hydrogens (tertiary/aromatic N) is 4. The summed E-state index contributed by atoms with van der Waals surface area (Å²) in [7, 11) is 0. The molecule has 30 heavy (non-hydrogen) atoms. The second-order valence-corrected chi connectivity index (χ2v) is 9.06. The van der Waals surface area contributed by atoms with Gasteiger partial charge < -0.3 is 0 Å². The van der Waals surface area contributed by atoms with E-state index in [0.717, 1.165) is 48.5 Å². The summed E-state index contributed by atoms with van der Waals surface area (Å²) in [5, 5.41) is 17.5. The summed E-state index contributed by atoms with van der Waals surface area (Å²) in [5.41, 5.74) is 3.46. The van der Waals surface area contributed by atoms with Crippen molar-refractivity contribution in [2.75, 3.05) is 0 Å². The van der Waals surface area contributed by atoms with Crippen LogP contribution in [0.15, 0.2) is 24.3 Å². The van der Waals surface area contributed by atoms with Gasteiger partial charge in [0, 0.05) is 23.7 Å². The second kappa shape index (κ2) is 10.0. The van der Waals surface area contributed by atoms with E-state index in [1.165, 1.54) is 0 Å². The average Bonchev–Trinajstić information content (AvgIpc) is 2.74. The van der Waals surface area contributed by atoms with Crippen molar-refractivity contribution < 1.29 is 9.59 Å². The lowest BCUT2D eigenvalue weighted by Crippen LogP contribution is -2.17. The Hall–Kier alpha value is -2.50. The van der Waals surface area contributed by atoms with Gasteiger partial charge in [-0.2, -0.15) is 20.4 Å². The SMILES string of the molecule is CC(C)C(=O)Cc1ccc([C@@H]2CCC[C@@H](c3ccc(CC(=O)C(C)C)nn3)C2)nn1. The summed E-state index contributed by atoms with van der Waals surface area (Å²) < 4.78 is 0. The third kappa shape index (κ3) is 5.77. The van der Waals surface area contributed by atoms with Crippen LogP contribution in [0, 0.1) is 11.8 Å². The molecule has 0 spiro atoms. The summed E-state index contributed by atoms with van der Waals surface area (Å²) >= 11 is 0. The zero-order valence-corrected chi connectivity index (χ0v) is 18.5. The van der Waals surface area contributed by atoms with Gasteiger partial charge in [-0.3, -0.25) is 9.59 Å². The molecule has 2 aromatic rings. The van der Waals surface area contributed by atoms with E-state index >= 15 is 0 Å². The Morgan fingerprint density at radius 1 is 0.767 bits per heavy atom. The Balaban J connectivity index is 1.62. The highest BCUT2D eigenvalue weighted by Crippen LogP contribution is 2.39. The van der Waals surface area contributed by atoms with Crippen LogP contribution in [0.1, 0.15) is 88.0 Å². The van der Waals surface area contributed by atoms with Crippen LogP contribution in [0.2, 0.25) is 0 Å². The van der Waals surface area contributed by atoms with Crippen molar-refractivity contribution in [2.45, 2.75) is 78.1 Å². The minimum absolute atomic E-state index is 0.0153. The molecule has 0 N–H and O–H groups in total. The molecule has 0 radical (unpaired) electrons. The van der Waals surface area contributed by atoms with Gasteiger partial charge in [0.2, 0.25) is 0 Å². The van der Waals surface area contributed by atoms with Crippen LogP contribution in [-0.2, 0) is 22.4 Å². The van der Waals surface area contributed by atoms with E-state index in [4.69, 9.17) is 0 Å². The van der Waals surface area contributed by atoms with Gasteiger partial charge in [-0.05, 0) is 43.5 Å². The molecule has 0 aromatic carbocycles. The molecule has 6 heteroatoms. The van der Waals surface area contributed by atoms with Gasteiger partial charge in [-0.15, -0.1) is 0 Å². The minimum Gasteiger partial charge on any atom is -0.299 e. The van der Waals surface area contributed by atoms with Gasteiger partial charge in [0.25, 0.3) is 0 Å². The Kier molecular flexibility index (Phi) is 7.40. The molecular formula is C24H32N4O2. The van der Waals surface area contributed by atoms with Crippen LogP contribution < -0.4 is 0 Å². The summed E-state index contributed by atoms with van der Waals surface area (Å²) in [6.07, 6.45) is 4.95. The van der Waals surface area contributed by atoms with Gasteiger partial charge in [-0.1, -0.05) is 34.1 Å². The van der Waals surface area contributed by atoms with Crippen LogP contribution in [0.3, 0.4) is 0 Å². The Morgan fingerprint density at radius 3 is 1.53 bits per heavy atom. The lowest BCUT2D eigenvalue weighted by molar-refractivity contribution is -0.122. The summed E-state index contributed by atoms with van der Waals surface area (Å²) in [6.45, 7) is 7.63. The van der Waals surface area contributed by atoms with Crippen molar-refractivity contribution in [3.05, 3.63) is 47.0 Å². The molecule has 1 fully saturated rings. The zero-order valence-electron chi connectivity index (χ0n) is 18.5. The Labute approximate surface area is 178 Å². The van der Waals surface area contributed by atoms with Crippen molar-refractivity contribution >= 4 is 11.6 Å². The van der Waals surface area contributed by atoms with Gasteiger partial charge in [0.15, 0.2) is 0 Å². The Morgan fingerprint density at radius 2 is 1.20 bits per heavy atom. The monoisotopic (exact) mass is 408 g/mol. The van der Waals surface area contributed by atoms with Gasteiger partial charge >= 0.3 is 0 Å². The molecule has 2 heterocycles. The standard InChI is InChI=1S/C24H32N4O2/c1-15(2)23(29)13-19-8-10-21(27-25-19)17-6-5-7-18(12-17)22-11-9-20(26-28-22)14-24(30)16(3)4/h8-11,15-18H,5-7,12-14H2,1-4H3/t17-,18-/m1/s1. The minimum atomic E-state index is 0.0153. The van der Waals surface area contributed by atoms with Crippen LogP contribution in [0.25, 0.3) is 0 Å². The largest absolute Gasteiger partial charge is 0.299 e. The van der Waals surface area contributed by atoms with Crippen LogP contribution in [0.4, 0.5) is 0 Å². The fraction of sp³-hybridized carbons (Fsp3) is 0.583. The Bertz CT molecular complexity index is 788. The zero-order chi connectivity index (χ0) is 21.7. The van der Waals surface area contributed by atoms with Gasteiger partial charge in [0.1, 0.15) is 11.6 Å². The predicted molar refractivity (Wildman–Crippen MR) is 115 cm³/mol. The number of ketones is 2. The molecule has 1 aliphatic carbocycles. The number of carbonyl (C=O) groups excluding carboxylic acids is 2. The quantitative estimate of drug-likeness (QED) is 0.649. The maximum Gasteiger partial charge on any atom is 0.141 e. The van der Waals surface area contributed by atoms with Gasteiger partial charge in [-0.25, -0.2) is 0 Å². The average molecular weight is 409 g/mol. The number of hydrogen-bond donors (Lipinski definition) is 0. The smallest absolute Gasteiger partial charge is 0.141 e. The third-order valence-corrected chi connectivity index (χ3v) is 5.99. The van der Waals surface area contributed by atoms with Crippen LogP contribution in [0.5, 0.6) is 0 Å². The van der Waals surface area contributed by atoms with Gasteiger partial charge in [0.05, 0.1) is 35.6 Å². The number of hydrogen-bond acceptors (Lipinski definition) is 6. The molecule has 160 valence electrons. The fourth-order valence-corrected chi connectivity index (χ4v) is 3.86. The van der Waals surface area contributed by atoms with Crippen molar-refractivity contribution in [3.63, 3.8) is 0 Å². The maximum atomic E-state index is 11.9. The molecule has 0 saturated heterocycles. The topological polar surface area (TPSA) is 85.7 Å². The van der Waals surface area contributed by atoms with E-state index in [9.17, 15) is 9.59 Å². The molecule has 2 atom stereocenters. The molecule has 3 rings (SSSR count). The molecule has 1 saturated carbocycles. The van der Waals surface area contributed by atoms with Crippen molar-refractivity contribution in [1.29, 1.82) is 0 Å². The molecule has 0 amide bonds. The first kappa shape index (κ1) is 22.2. The number of Topliss-reactive ketones (excluding diaryl/α,β-unsaturated/α-hetero) is 2. The normalized spacial score (nSPS) is 19.3. The molecule has 6 nitrogen and oxygen atoms in total.